The maximum absolute atomic E-state index is 10.9. The molecule has 2 aromatic rings. The molecular weight excluding hydrogens is 264 g/mol. The number of nitrogens with zero attached hydrogens (tertiary/aromatic N) is 2. The van der Waals surface area contributed by atoms with Crippen LogP contribution in [0.5, 0.6) is 0 Å². The van der Waals surface area contributed by atoms with Crippen LogP contribution in [0.15, 0.2) is 24.3 Å². The van der Waals surface area contributed by atoms with Crippen LogP contribution in [0.3, 0.4) is 0 Å². The van der Waals surface area contributed by atoms with Gasteiger partial charge >= 0.3 is 0 Å². The summed E-state index contributed by atoms with van der Waals surface area (Å²) in [5.74, 6) is 0.995. The molecule has 2 atom stereocenters. The van der Waals surface area contributed by atoms with E-state index < -0.39 is 5.60 Å². The topological polar surface area (TPSA) is 47.3 Å². The lowest BCUT2D eigenvalue weighted by molar-refractivity contribution is -0.0971. The van der Waals surface area contributed by atoms with Gasteiger partial charge in [-0.3, -0.25) is 0 Å². The number of ether oxygens (including phenoxy) is 1. The Morgan fingerprint density at radius 3 is 3.00 bits per heavy atom. The molecule has 21 heavy (non-hydrogen) atoms. The lowest BCUT2D eigenvalue weighted by Gasteiger charge is -2.35. The Labute approximate surface area is 125 Å². The number of fused-ring (bicyclic) bond motifs is 1. The minimum atomic E-state index is -0.690. The van der Waals surface area contributed by atoms with Crippen LogP contribution in [0.4, 0.5) is 0 Å². The Morgan fingerprint density at radius 2 is 2.24 bits per heavy atom. The van der Waals surface area contributed by atoms with Crippen LogP contribution in [-0.2, 0) is 17.7 Å². The quantitative estimate of drug-likeness (QED) is 0.941. The molecule has 0 aliphatic carbocycles. The maximum atomic E-state index is 10.9. The van der Waals surface area contributed by atoms with E-state index in [1.165, 1.54) is 0 Å². The third kappa shape index (κ3) is 2.97. The largest absolute Gasteiger partial charge is 0.389 e. The minimum absolute atomic E-state index is 0.118. The third-order valence-electron chi connectivity index (χ3n) is 4.31. The van der Waals surface area contributed by atoms with Gasteiger partial charge in [0.2, 0.25) is 0 Å². The molecule has 1 aliphatic heterocycles. The van der Waals surface area contributed by atoms with Crippen molar-refractivity contribution >= 4 is 11.0 Å². The molecule has 3 rings (SSSR count). The van der Waals surface area contributed by atoms with Crippen molar-refractivity contribution < 1.29 is 9.84 Å². The summed E-state index contributed by atoms with van der Waals surface area (Å²) in [6.07, 6.45) is 3.16. The van der Waals surface area contributed by atoms with E-state index in [-0.39, 0.29) is 6.10 Å². The second-order valence-electron chi connectivity index (χ2n) is 6.21. The van der Waals surface area contributed by atoms with Crippen LogP contribution in [0.1, 0.15) is 38.9 Å². The van der Waals surface area contributed by atoms with Gasteiger partial charge in [0.1, 0.15) is 5.82 Å². The molecule has 2 unspecified atom stereocenters. The van der Waals surface area contributed by atoms with Crippen LogP contribution >= 0.6 is 0 Å². The van der Waals surface area contributed by atoms with E-state index in [2.05, 4.69) is 17.6 Å². The molecule has 114 valence electrons. The highest BCUT2D eigenvalue weighted by Gasteiger charge is 2.35. The lowest BCUT2D eigenvalue weighted by Crippen LogP contribution is -2.42. The molecule has 0 saturated carbocycles. The number of para-hydroxylation sites is 2. The first kappa shape index (κ1) is 14.5. The second kappa shape index (κ2) is 5.78. The van der Waals surface area contributed by atoms with Crippen LogP contribution in [0, 0.1) is 0 Å². The predicted octanol–water partition coefficient (Wildman–Crippen LogP) is 2.92. The Hall–Kier alpha value is -1.39. The molecule has 1 fully saturated rings. The smallest absolute Gasteiger partial charge is 0.112 e. The Morgan fingerprint density at radius 1 is 1.43 bits per heavy atom. The predicted molar refractivity (Wildman–Crippen MR) is 83.3 cm³/mol. The number of imidazole rings is 1. The zero-order valence-electron chi connectivity index (χ0n) is 12.9. The molecule has 1 aromatic carbocycles. The fraction of sp³-hybridized carbons (Fsp3) is 0.588. The minimum Gasteiger partial charge on any atom is -0.389 e. The monoisotopic (exact) mass is 288 g/mol. The lowest BCUT2D eigenvalue weighted by atomic mass is 9.87. The third-order valence-corrected chi connectivity index (χ3v) is 4.31. The van der Waals surface area contributed by atoms with Crippen molar-refractivity contribution in [2.75, 3.05) is 6.61 Å². The van der Waals surface area contributed by atoms with E-state index in [1.54, 1.807) is 0 Å². The van der Waals surface area contributed by atoms with E-state index in [9.17, 15) is 5.11 Å². The molecule has 0 amide bonds. The molecule has 1 aromatic heterocycles. The Kier molecular flexibility index (Phi) is 4.00. The van der Waals surface area contributed by atoms with Crippen molar-refractivity contribution in [1.82, 2.24) is 9.55 Å². The van der Waals surface area contributed by atoms with Gasteiger partial charge < -0.3 is 14.4 Å². The molecule has 0 radical (unpaired) electrons. The van der Waals surface area contributed by atoms with Gasteiger partial charge in [0.15, 0.2) is 0 Å². The van der Waals surface area contributed by atoms with Crippen LogP contribution < -0.4 is 0 Å². The standard InChI is InChI=1S/C17H24N2O2/c1-3-9-19-15-7-5-4-6-14(15)18-16(19)12-17(20)8-10-21-13(2)11-17/h4-7,13,20H,3,8-12H2,1-2H3. The average molecular weight is 288 g/mol. The molecule has 0 spiro atoms. The van der Waals surface area contributed by atoms with Gasteiger partial charge in [0.05, 0.1) is 22.7 Å². The van der Waals surface area contributed by atoms with Gasteiger partial charge in [0.25, 0.3) is 0 Å². The summed E-state index contributed by atoms with van der Waals surface area (Å²) < 4.78 is 7.82. The van der Waals surface area contributed by atoms with Crippen molar-refractivity contribution in [1.29, 1.82) is 0 Å². The van der Waals surface area contributed by atoms with Gasteiger partial charge in [0, 0.05) is 32.4 Å². The van der Waals surface area contributed by atoms with Crippen molar-refractivity contribution in [3.05, 3.63) is 30.1 Å². The number of aryl methyl sites for hydroxylation is 1. The van der Waals surface area contributed by atoms with Gasteiger partial charge in [-0.15, -0.1) is 0 Å². The Bertz CT molecular complexity index is 622. The summed E-state index contributed by atoms with van der Waals surface area (Å²) in [4.78, 5) is 4.76. The Balaban J connectivity index is 1.94. The first-order valence-corrected chi connectivity index (χ1v) is 7.89. The number of rotatable bonds is 4. The molecule has 0 bridgehead atoms. The average Bonchev–Trinajstić information content (AvgIpc) is 2.76. The van der Waals surface area contributed by atoms with E-state index >= 15 is 0 Å². The summed E-state index contributed by atoms with van der Waals surface area (Å²) in [5.41, 5.74) is 1.49. The highest BCUT2D eigenvalue weighted by atomic mass is 16.5. The normalized spacial score (nSPS) is 26.3. The molecule has 2 heterocycles. The van der Waals surface area contributed by atoms with E-state index in [4.69, 9.17) is 9.72 Å². The van der Waals surface area contributed by atoms with Crippen molar-refractivity contribution in [2.45, 2.75) is 57.8 Å². The molecule has 4 heteroatoms. The van der Waals surface area contributed by atoms with Crippen LogP contribution in [0.2, 0.25) is 0 Å². The SMILES string of the molecule is CCCn1c(CC2(O)CCOC(C)C2)nc2ccccc21. The maximum Gasteiger partial charge on any atom is 0.112 e. The van der Waals surface area contributed by atoms with Gasteiger partial charge in [-0.2, -0.15) is 0 Å². The molecule has 1 aliphatic rings. The highest BCUT2D eigenvalue weighted by molar-refractivity contribution is 5.75. The van der Waals surface area contributed by atoms with Crippen molar-refractivity contribution in [3.8, 4) is 0 Å². The van der Waals surface area contributed by atoms with E-state index in [0.29, 0.717) is 25.9 Å². The van der Waals surface area contributed by atoms with Crippen LogP contribution in [0.25, 0.3) is 11.0 Å². The first-order chi connectivity index (χ1) is 10.1. The summed E-state index contributed by atoms with van der Waals surface area (Å²) in [6, 6.07) is 8.21. The fourth-order valence-electron chi connectivity index (χ4n) is 3.33. The van der Waals surface area contributed by atoms with Crippen LogP contribution in [-0.4, -0.2) is 33.0 Å². The van der Waals surface area contributed by atoms with E-state index in [0.717, 1.165) is 29.8 Å². The number of aromatic nitrogens is 2. The summed E-state index contributed by atoms with van der Waals surface area (Å²) in [5, 5.41) is 10.9. The fourth-order valence-corrected chi connectivity index (χ4v) is 3.33. The van der Waals surface area contributed by atoms with Crippen molar-refractivity contribution in [3.63, 3.8) is 0 Å². The number of hydrogen-bond acceptors (Lipinski definition) is 3. The second-order valence-corrected chi connectivity index (χ2v) is 6.21. The first-order valence-electron chi connectivity index (χ1n) is 7.89. The van der Waals surface area contributed by atoms with Gasteiger partial charge in [-0.25, -0.2) is 4.98 Å². The molecular formula is C17H24N2O2. The summed E-state index contributed by atoms with van der Waals surface area (Å²) >= 11 is 0. The van der Waals surface area contributed by atoms with Crippen molar-refractivity contribution in [2.24, 2.45) is 0 Å². The summed E-state index contributed by atoms with van der Waals surface area (Å²) in [7, 11) is 0. The number of hydrogen-bond donors (Lipinski definition) is 1. The molecule has 1 N–H and O–H groups in total. The summed E-state index contributed by atoms with van der Waals surface area (Å²) in [6.45, 7) is 5.77. The van der Waals surface area contributed by atoms with Gasteiger partial charge in [-0.1, -0.05) is 19.1 Å². The number of aliphatic hydroxyl groups is 1. The highest BCUT2D eigenvalue weighted by Crippen LogP contribution is 2.29. The van der Waals surface area contributed by atoms with Gasteiger partial charge in [-0.05, 0) is 25.5 Å². The van der Waals surface area contributed by atoms with E-state index in [1.807, 2.05) is 25.1 Å². The zero-order chi connectivity index (χ0) is 14.9. The molecule has 4 nitrogen and oxygen atoms in total. The number of benzene rings is 1. The zero-order valence-corrected chi connectivity index (χ0v) is 12.9. The molecule has 1 saturated heterocycles.